The van der Waals surface area contributed by atoms with Gasteiger partial charge in [-0.1, -0.05) is 6.07 Å². The molecule has 0 saturated carbocycles. The van der Waals surface area contributed by atoms with E-state index in [1.165, 1.54) is 0 Å². The lowest BCUT2D eigenvalue weighted by molar-refractivity contribution is 0.00708. The smallest absolute Gasteiger partial charge is 0.253 e. The van der Waals surface area contributed by atoms with Crippen LogP contribution >= 0.6 is 0 Å². The molecule has 0 atom stereocenters. The molecule has 0 bridgehead atoms. The Balaban J connectivity index is 1.50. The van der Waals surface area contributed by atoms with Crippen molar-refractivity contribution >= 4 is 22.7 Å². The molecule has 35 heavy (non-hydrogen) atoms. The third kappa shape index (κ3) is 6.60. The summed E-state index contributed by atoms with van der Waals surface area (Å²) in [7, 11) is 0. The minimum atomic E-state index is -0.571. The average molecular weight is 483 g/mol. The van der Waals surface area contributed by atoms with Crippen molar-refractivity contribution in [2.24, 2.45) is 0 Å². The monoisotopic (exact) mass is 482 g/mol. The van der Waals surface area contributed by atoms with Gasteiger partial charge in [0.25, 0.3) is 10.9 Å². The van der Waals surface area contributed by atoms with Crippen LogP contribution in [0.5, 0.6) is 11.5 Å². The Morgan fingerprint density at radius 3 is 1.63 bits per heavy atom. The van der Waals surface area contributed by atoms with Crippen molar-refractivity contribution in [1.82, 2.24) is 0 Å². The number of rotatable bonds is 4. The van der Waals surface area contributed by atoms with Crippen LogP contribution in [0.3, 0.4) is 0 Å². The minimum absolute atomic E-state index is 0.212. The molecule has 186 valence electrons. The maximum Gasteiger partial charge on any atom is 0.253 e. The highest BCUT2D eigenvalue weighted by Crippen LogP contribution is 2.33. The van der Waals surface area contributed by atoms with Crippen LogP contribution in [0.4, 0.5) is 22.7 Å². The van der Waals surface area contributed by atoms with Crippen LogP contribution in [-0.2, 0) is 14.2 Å². The summed E-state index contributed by atoms with van der Waals surface area (Å²) in [5, 5.41) is 6.15. The van der Waals surface area contributed by atoms with Gasteiger partial charge in [-0.25, -0.2) is 0 Å². The molecule has 0 unspecified atom stereocenters. The molecule has 1 aliphatic rings. The zero-order chi connectivity index (χ0) is 24.6. The zero-order valence-electron chi connectivity index (χ0n) is 20.0. The molecular formula is C26H30N2O7. The third-order valence-corrected chi connectivity index (χ3v) is 5.33. The number of benzene rings is 2. The number of nitrogens with one attached hydrogen (secondary N) is 2. The molecule has 0 amide bonds. The van der Waals surface area contributed by atoms with Crippen LogP contribution in [0.15, 0.2) is 46.0 Å². The first-order valence-corrected chi connectivity index (χ1v) is 11.6. The second-order valence-electron chi connectivity index (χ2n) is 8.23. The van der Waals surface area contributed by atoms with Crippen LogP contribution in [0.25, 0.3) is 0 Å². The Kier molecular flexibility index (Phi) is 8.36. The van der Waals surface area contributed by atoms with Gasteiger partial charge in [-0.15, -0.1) is 0 Å². The molecule has 0 spiro atoms. The van der Waals surface area contributed by atoms with Gasteiger partial charge in [-0.3, -0.25) is 9.59 Å². The normalized spacial score (nSPS) is 15.7. The highest BCUT2D eigenvalue weighted by atomic mass is 16.6. The molecule has 1 heterocycles. The Morgan fingerprint density at radius 1 is 0.571 bits per heavy atom. The van der Waals surface area contributed by atoms with Gasteiger partial charge in [0.2, 0.25) is 0 Å². The predicted molar refractivity (Wildman–Crippen MR) is 134 cm³/mol. The predicted octanol–water partition coefficient (Wildman–Crippen LogP) is 3.21. The first-order chi connectivity index (χ1) is 17.0. The van der Waals surface area contributed by atoms with Crippen molar-refractivity contribution in [2.75, 3.05) is 63.5 Å². The lowest BCUT2D eigenvalue weighted by atomic mass is 10.1. The van der Waals surface area contributed by atoms with Gasteiger partial charge in [-0.05, 0) is 49.2 Å². The number of hydrogen-bond donors (Lipinski definition) is 2. The molecule has 3 aromatic rings. The van der Waals surface area contributed by atoms with Gasteiger partial charge in [0.15, 0.2) is 11.5 Å². The fraction of sp³-hybridized carbons (Fsp3) is 0.385. The van der Waals surface area contributed by atoms with Crippen molar-refractivity contribution < 1.29 is 23.7 Å². The summed E-state index contributed by atoms with van der Waals surface area (Å²) in [6.07, 6.45) is 0. The van der Waals surface area contributed by atoms with Gasteiger partial charge in [-0.2, -0.15) is 0 Å². The number of hydrogen-bond acceptors (Lipinski definition) is 9. The Morgan fingerprint density at radius 2 is 1.06 bits per heavy atom. The molecule has 3 aromatic carbocycles. The Labute approximate surface area is 203 Å². The molecule has 0 aromatic heterocycles. The van der Waals surface area contributed by atoms with E-state index in [1.54, 1.807) is 18.2 Å². The van der Waals surface area contributed by atoms with Crippen molar-refractivity contribution in [3.63, 3.8) is 0 Å². The quantitative estimate of drug-likeness (QED) is 0.543. The second-order valence-corrected chi connectivity index (χ2v) is 8.23. The van der Waals surface area contributed by atoms with E-state index in [4.69, 9.17) is 23.7 Å². The third-order valence-electron chi connectivity index (χ3n) is 5.33. The summed E-state index contributed by atoms with van der Waals surface area (Å²) < 4.78 is 28.1. The minimum Gasteiger partial charge on any atom is -0.487 e. The molecule has 4 rings (SSSR count). The van der Waals surface area contributed by atoms with Crippen LogP contribution in [0.1, 0.15) is 11.1 Å². The summed E-state index contributed by atoms with van der Waals surface area (Å²) in [6.45, 7) is 7.36. The summed E-state index contributed by atoms with van der Waals surface area (Å²) in [4.78, 5) is 24.6. The summed E-state index contributed by atoms with van der Waals surface area (Å²) >= 11 is 0. The van der Waals surface area contributed by atoms with Crippen molar-refractivity contribution in [1.29, 1.82) is 0 Å². The van der Waals surface area contributed by atoms with E-state index < -0.39 is 10.9 Å². The molecule has 9 heteroatoms. The average Bonchev–Trinajstić information content (AvgIpc) is 2.84. The summed E-state index contributed by atoms with van der Waals surface area (Å²) in [5.41, 5.74) is 2.78. The van der Waals surface area contributed by atoms with E-state index in [1.807, 2.05) is 32.0 Å². The largest absolute Gasteiger partial charge is 0.487 e. The number of aryl methyl sites for hydroxylation is 2. The lowest BCUT2D eigenvalue weighted by Crippen LogP contribution is -2.35. The van der Waals surface area contributed by atoms with Crippen LogP contribution in [0, 0.1) is 13.8 Å². The van der Waals surface area contributed by atoms with E-state index in [9.17, 15) is 9.59 Å². The maximum atomic E-state index is 12.3. The van der Waals surface area contributed by atoms with E-state index in [0.717, 1.165) is 16.8 Å². The highest BCUT2D eigenvalue weighted by molar-refractivity contribution is 5.82. The Hall–Kier alpha value is -3.40. The van der Waals surface area contributed by atoms with Gasteiger partial charge >= 0.3 is 0 Å². The van der Waals surface area contributed by atoms with E-state index in [-0.39, 0.29) is 11.4 Å². The highest BCUT2D eigenvalue weighted by Gasteiger charge is 2.22. The van der Waals surface area contributed by atoms with Crippen LogP contribution < -0.4 is 31.0 Å². The number of fused-ring (bicyclic) bond motifs is 1. The molecule has 9 nitrogen and oxygen atoms in total. The van der Waals surface area contributed by atoms with Gasteiger partial charge < -0.3 is 34.3 Å². The molecular weight excluding hydrogens is 452 g/mol. The van der Waals surface area contributed by atoms with Crippen LogP contribution in [0.2, 0.25) is 0 Å². The first-order valence-electron chi connectivity index (χ1n) is 11.6. The molecule has 0 fully saturated rings. The number of ether oxygens (including phenoxy) is 5. The van der Waals surface area contributed by atoms with Gasteiger partial charge in [0.05, 0.1) is 39.6 Å². The topological polar surface area (TPSA) is 104 Å². The van der Waals surface area contributed by atoms with E-state index in [0.29, 0.717) is 70.0 Å². The van der Waals surface area contributed by atoms with Gasteiger partial charge in [0.1, 0.15) is 24.6 Å². The fourth-order valence-electron chi connectivity index (χ4n) is 3.75. The second kappa shape index (κ2) is 11.8. The lowest BCUT2D eigenvalue weighted by Gasteiger charge is -2.18. The maximum absolute atomic E-state index is 12.3. The zero-order valence-corrected chi connectivity index (χ0v) is 20.0. The van der Waals surface area contributed by atoms with Gasteiger partial charge in [0, 0.05) is 17.4 Å². The van der Waals surface area contributed by atoms with Crippen molar-refractivity contribution in [3.8, 4) is 11.5 Å². The number of anilines is 4. The SMILES string of the molecule is Cc1cc(C)cc(Nc2c(Nc3ccc4c(c3)OCCOCCOCCOCCO4)c(=O)c2=O)c1. The van der Waals surface area contributed by atoms with E-state index in [2.05, 4.69) is 10.6 Å². The molecule has 0 aliphatic carbocycles. The van der Waals surface area contributed by atoms with Crippen molar-refractivity contribution in [3.05, 3.63) is 68.0 Å². The summed E-state index contributed by atoms with van der Waals surface area (Å²) in [5.74, 6) is 1.04. The molecule has 2 N–H and O–H groups in total. The molecule has 0 saturated heterocycles. The van der Waals surface area contributed by atoms with E-state index >= 15 is 0 Å². The standard InChI is InChI=1S/C26H30N2O7/c1-17-13-18(2)15-20(14-17)28-24-23(25(29)26(24)30)27-19-3-4-21-22(16-19)35-12-10-33-8-6-31-5-7-32-9-11-34-21/h3-4,13-16,27-28H,5-12H2,1-2H3. The van der Waals surface area contributed by atoms with Crippen molar-refractivity contribution in [2.45, 2.75) is 13.8 Å². The summed E-state index contributed by atoms with van der Waals surface area (Å²) in [6, 6.07) is 11.1. The molecule has 0 radical (unpaired) electrons. The molecule has 1 aliphatic heterocycles. The fourth-order valence-corrected chi connectivity index (χ4v) is 3.75. The van der Waals surface area contributed by atoms with Crippen LogP contribution in [-0.4, -0.2) is 52.9 Å². The Bertz CT molecular complexity index is 1200. The first kappa shape index (κ1) is 24.7.